The number of piperazine rings is 1. The molecule has 0 bridgehead atoms. The molecule has 1 heterocycles. The molecule has 1 aliphatic rings. The summed E-state index contributed by atoms with van der Waals surface area (Å²) in [6.07, 6.45) is 0. The second kappa shape index (κ2) is 7.37. The monoisotopic (exact) mass is 394 g/mol. The highest BCUT2D eigenvalue weighted by molar-refractivity contribution is 7.89. The van der Waals surface area contributed by atoms with Crippen molar-refractivity contribution in [2.45, 2.75) is 11.8 Å². The molecule has 0 saturated carbocycles. The molecule has 0 aromatic heterocycles. The Bertz CT molecular complexity index is 1120. The van der Waals surface area contributed by atoms with Gasteiger partial charge in [-0.05, 0) is 42.0 Å². The van der Waals surface area contributed by atoms with E-state index >= 15 is 0 Å². The lowest BCUT2D eigenvalue weighted by atomic mass is 10.1. The van der Waals surface area contributed by atoms with Crippen molar-refractivity contribution in [2.75, 3.05) is 26.2 Å². The van der Waals surface area contributed by atoms with Gasteiger partial charge in [-0.25, -0.2) is 8.42 Å². The maximum absolute atomic E-state index is 13.0. The van der Waals surface area contributed by atoms with Crippen molar-refractivity contribution in [3.63, 3.8) is 0 Å². The van der Waals surface area contributed by atoms with Crippen molar-refractivity contribution in [1.29, 1.82) is 0 Å². The molecule has 5 nitrogen and oxygen atoms in total. The van der Waals surface area contributed by atoms with E-state index < -0.39 is 10.0 Å². The van der Waals surface area contributed by atoms with Crippen molar-refractivity contribution in [3.05, 3.63) is 77.9 Å². The Kier molecular flexibility index (Phi) is 4.91. The van der Waals surface area contributed by atoms with Gasteiger partial charge < -0.3 is 4.90 Å². The van der Waals surface area contributed by atoms with Crippen LogP contribution in [-0.2, 0) is 10.0 Å². The molecule has 1 saturated heterocycles. The smallest absolute Gasteiger partial charge is 0.253 e. The van der Waals surface area contributed by atoms with Crippen LogP contribution in [0.5, 0.6) is 0 Å². The molecule has 3 aromatic rings. The molecule has 0 unspecified atom stereocenters. The van der Waals surface area contributed by atoms with E-state index in [0.29, 0.717) is 36.6 Å². The van der Waals surface area contributed by atoms with Crippen molar-refractivity contribution < 1.29 is 13.2 Å². The molecule has 1 aliphatic heterocycles. The Hall–Kier alpha value is -2.70. The molecule has 0 N–H and O–H groups in total. The largest absolute Gasteiger partial charge is 0.336 e. The van der Waals surface area contributed by atoms with Gasteiger partial charge in [0.25, 0.3) is 5.91 Å². The van der Waals surface area contributed by atoms with Crippen LogP contribution < -0.4 is 0 Å². The summed E-state index contributed by atoms with van der Waals surface area (Å²) in [6.45, 7) is 3.35. The van der Waals surface area contributed by atoms with Crippen molar-refractivity contribution in [1.82, 2.24) is 9.21 Å². The maximum Gasteiger partial charge on any atom is 0.253 e. The molecule has 3 aromatic carbocycles. The topological polar surface area (TPSA) is 57.7 Å². The summed E-state index contributed by atoms with van der Waals surface area (Å²) in [5.74, 6) is -0.0530. The molecule has 6 heteroatoms. The number of hydrogen-bond acceptors (Lipinski definition) is 3. The standard InChI is InChI=1S/C22H22N2O3S/c1-17-6-8-19(9-7-17)22(25)23-12-14-24(15-13-23)28(26,27)21-11-10-18-4-2-3-5-20(18)16-21/h2-11,16H,12-15H2,1H3. The third kappa shape index (κ3) is 3.53. The highest BCUT2D eigenvalue weighted by Crippen LogP contribution is 2.23. The first-order chi connectivity index (χ1) is 13.4. The lowest BCUT2D eigenvalue weighted by Gasteiger charge is -2.34. The molecule has 0 radical (unpaired) electrons. The summed E-state index contributed by atoms with van der Waals surface area (Å²) < 4.78 is 27.5. The minimum Gasteiger partial charge on any atom is -0.336 e. The van der Waals surface area contributed by atoms with E-state index in [4.69, 9.17) is 0 Å². The molecule has 28 heavy (non-hydrogen) atoms. The van der Waals surface area contributed by atoms with Crippen LogP contribution in [0.3, 0.4) is 0 Å². The summed E-state index contributed by atoms with van der Waals surface area (Å²) >= 11 is 0. The van der Waals surface area contributed by atoms with Crippen LogP contribution in [0.15, 0.2) is 71.6 Å². The van der Waals surface area contributed by atoms with Crippen LogP contribution in [0.1, 0.15) is 15.9 Å². The molecule has 1 fully saturated rings. The number of carbonyl (C=O) groups is 1. The lowest BCUT2D eigenvalue weighted by molar-refractivity contribution is 0.0698. The number of nitrogens with zero attached hydrogens (tertiary/aromatic N) is 2. The number of aryl methyl sites for hydroxylation is 1. The van der Waals surface area contributed by atoms with Crippen molar-refractivity contribution in [3.8, 4) is 0 Å². The minimum absolute atomic E-state index is 0.0530. The van der Waals surface area contributed by atoms with Gasteiger partial charge in [0.2, 0.25) is 10.0 Å². The Morgan fingerprint density at radius 3 is 2.14 bits per heavy atom. The van der Waals surface area contributed by atoms with Crippen molar-refractivity contribution >= 4 is 26.7 Å². The van der Waals surface area contributed by atoms with E-state index in [9.17, 15) is 13.2 Å². The first-order valence-corrected chi connectivity index (χ1v) is 10.7. The number of amides is 1. The quantitative estimate of drug-likeness (QED) is 0.685. The molecular formula is C22H22N2O3S. The minimum atomic E-state index is -3.58. The molecule has 0 spiro atoms. The first kappa shape index (κ1) is 18.7. The Balaban J connectivity index is 1.49. The second-order valence-electron chi connectivity index (χ2n) is 7.07. The number of hydrogen-bond donors (Lipinski definition) is 0. The van der Waals surface area contributed by atoms with E-state index in [1.807, 2.05) is 61.5 Å². The molecular weight excluding hydrogens is 372 g/mol. The van der Waals surface area contributed by atoms with Crippen LogP contribution in [0.4, 0.5) is 0 Å². The van der Waals surface area contributed by atoms with Gasteiger partial charge in [0.05, 0.1) is 4.90 Å². The fourth-order valence-electron chi connectivity index (χ4n) is 3.49. The van der Waals surface area contributed by atoms with Crippen LogP contribution in [0.25, 0.3) is 10.8 Å². The first-order valence-electron chi connectivity index (χ1n) is 9.30. The van der Waals surface area contributed by atoms with E-state index in [0.717, 1.165) is 16.3 Å². The Morgan fingerprint density at radius 2 is 1.46 bits per heavy atom. The average Bonchev–Trinajstić information content (AvgIpc) is 2.73. The number of sulfonamides is 1. The zero-order valence-corrected chi connectivity index (χ0v) is 16.5. The highest BCUT2D eigenvalue weighted by atomic mass is 32.2. The third-order valence-electron chi connectivity index (χ3n) is 5.18. The summed E-state index contributed by atoms with van der Waals surface area (Å²) in [5.41, 5.74) is 1.74. The fraction of sp³-hybridized carbons (Fsp3) is 0.227. The highest BCUT2D eigenvalue weighted by Gasteiger charge is 2.30. The molecule has 0 atom stereocenters. The van der Waals surface area contributed by atoms with E-state index in [2.05, 4.69) is 0 Å². The van der Waals surface area contributed by atoms with Gasteiger partial charge in [-0.3, -0.25) is 4.79 Å². The summed E-state index contributed by atoms with van der Waals surface area (Å²) in [6, 6.07) is 20.4. The van der Waals surface area contributed by atoms with Crippen LogP contribution in [-0.4, -0.2) is 49.7 Å². The number of rotatable bonds is 3. The average molecular weight is 394 g/mol. The SMILES string of the molecule is Cc1ccc(C(=O)N2CCN(S(=O)(=O)c3ccc4ccccc4c3)CC2)cc1. The predicted octanol–water partition coefficient (Wildman–Crippen LogP) is 3.29. The number of benzene rings is 3. The van der Waals surface area contributed by atoms with Gasteiger partial charge in [-0.15, -0.1) is 0 Å². The summed E-state index contributed by atoms with van der Waals surface area (Å²) in [4.78, 5) is 14.7. The normalized spacial score (nSPS) is 15.7. The molecule has 144 valence electrons. The van der Waals surface area contributed by atoms with Crippen molar-refractivity contribution in [2.24, 2.45) is 0 Å². The van der Waals surface area contributed by atoms with Gasteiger partial charge >= 0.3 is 0 Å². The van der Waals surface area contributed by atoms with E-state index in [1.165, 1.54) is 4.31 Å². The number of carbonyl (C=O) groups excluding carboxylic acids is 1. The van der Waals surface area contributed by atoms with E-state index in [-0.39, 0.29) is 5.91 Å². The Morgan fingerprint density at radius 1 is 0.821 bits per heavy atom. The van der Waals surface area contributed by atoms with Gasteiger partial charge in [0.15, 0.2) is 0 Å². The van der Waals surface area contributed by atoms with Gasteiger partial charge in [0, 0.05) is 31.7 Å². The third-order valence-corrected chi connectivity index (χ3v) is 7.08. The van der Waals surface area contributed by atoms with Gasteiger partial charge in [0.1, 0.15) is 0 Å². The zero-order valence-electron chi connectivity index (χ0n) is 15.7. The second-order valence-corrected chi connectivity index (χ2v) is 9.01. The maximum atomic E-state index is 13.0. The summed E-state index contributed by atoms with van der Waals surface area (Å²) in [7, 11) is -3.58. The molecule has 4 rings (SSSR count). The number of fused-ring (bicyclic) bond motifs is 1. The van der Waals surface area contributed by atoms with Crippen LogP contribution in [0.2, 0.25) is 0 Å². The lowest BCUT2D eigenvalue weighted by Crippen LogP contribution is -2.50. The van der Waals surface area contributed by atoms with Gasteiger partial charge in [-0.1, -0.05) is 48.0 Å². The van der Waals surface area contributed by atoms with Crippen LogP contribution >= 0.6 is 0 Å². The van der Waals surface area contributed by atoms with Gasteiger partial charge in [-0.2, -0.15) is 4.31 Å². The molecule has 1 amide bonds. The zero-order chi connectivity index (χ0) is 19.7. The Labute approximate surface area is 165 Å². The predicted molar refractivity (Wildman–Crippen MR) is 110 cm³/mol. The fourth-order valence-corrected chi connectivity index (χ4v) is 4.95. The van der Waals surface area contributed by atoms with E-state index in [1.54, 1.807) is 17.0 Å². The van der Waals surface area contributed by atoms with Crippen LogP contribution in [0, 0.1) is 6.92 Å². The summed E-state index contributed by atoms with van der Waals surface area (Å²) in [5, 5.41) is 1.91. The molecule has 0 aliphatic carbocycles.